The van der Waals surface area contributed by atoms with Gasteiger partial charge >= 0.3 is 12.3 Å². The highest BCUT2D eigenvalue weighted by molar-refractivity contribution is 5.77. The standard InChI is InChI=1S/C15H11F3O3/c16-15(17,18)21-14-11(9-13(19)20)7-4-8-12(14)10-5-2-1-3-6-10/h1-8H,9H2,(H,19,20). The van der Waals surface area contributed by atoms with Crippen LogP contribution in [-0.4, -0.2) is 17.4 Å². The summed E-state index contributed by atoms with van der Waals surface area (Å²) >= 11 is 0. The second-order valence-electron chi connectivity index (χ2n) is 4.28. The van der Waals surface area contributed by atoms with Crippen LogP contribution in [0.5, 0.6) is 5.75 Å². The molecule has 0 aliphatic carbocycles. The molecule has 3 nitrogen and oxygen atoms in total. The third-order valence-corrected chi connectivity index (χ3v) is 2.74. The van der Waals surface area contributed by atoms with Gasteiger partial charge in [0.1, 0.15) is 5.75 Å². The number of ether oxygens (including phenoxy) is 1. The molecule has 0 fully saturated rings. The molecule has 0 bridgehead atoms. The number of rotatable bonds is 4. The first-order valence-electron chi connectivity index (χ1n) is 6.01. The van der Waals surface area contributed by atoms with Gasteiger partial charge in [-0.2, -0.15) is 0 Å². The van der Waals surface area contributed by atoms with E-state index in [1.54, 1.807) is 30.3 Å². The molecule has 2 aromatic rings. The van der Waals surface area contributed by atoms with Crippen molar-refractivity contribution in [1.29, 1.82) is 0 Å². The Bertz CT molecular complexity index is 636. The molecule has 0 spiro atoms. The predicted octanol–water partition coefficient (Wildman–Crippen LogP) is 3.88. The van der Waals surface area contributed by atoms with Crippen LogP contribution in [0.2, 0.25) is 0 Å². The fraction of sp³-hybridized carbons (Fsp3) is 0.133. The van der Waals surface area contributed by atoms with Gasteiger partial charge in [0.05, 0.1) is 6.42 Å². The van der Waals surface area contributed by atoms with Crippen molar-refractivity contribution in [2.75, 3.05) is 0 Å². The van der Waals surface area contributed by atoms with Crippen LogP contribution in [0.25, 0.3) is 11.1 Å². The number of carboxylic acid groups (broad SMARTS) is 1. The quantitative estimate of drug-likeness (QED) is 0.931. The zero-order valence-corrected chi connectivity index (χ0v) is 10.7. The molecule has 2 rings (SSSR count). The summed E-state index contributed by atoms with van der Waals surface area (Å²) in [5.41, 5.74) is 0.692. The molecule has 0 aromatic heterocycles. The summed E-state index contributed by atoms with van der Waals surface area (Å²) in [6.45, 7) is 0. The fourth-order valence-electron chi connectivity index (χ4n) is 1.97. The van der Waals surface area contributed by atoms with E-state index in [4.69, 9.17) is 5.11 Å². The Morgan fingerprint density at radius 3 is 2.29 bits per heavy atom. The maximum Gasteiger partial charge on any atom is 0.573 e. The molecule has 1 N–H and O–H groups in total. The Labute approximate surface area is 118 Å². The third-order valence-electron chi connectivity index (χ3n) is 2.74. The van der Waals surface area contributed by atoms with E-state index in [2.05, 4.69) is 4.74 Å². The summed E-state index contributed by atoms with van der Waals surface area (Å²) in [6, 6.07) is 12.6. The number of benzene rings is 2. The lowest BCUT2D eigenvalue weighted by Gasteiger charge is -2.16. The van der Waals surface area contributed by atoms with Crippen molar-refractivity contribution in [3.8, 4) is 16.9 Å². The van der Waals surface area contributed by atoms with E-state index in [9.17, 15) is 18.0 Å². The Balaban J connectivity index is 2.56. The zero-order valence-electron chi connectivity index (χ0n) is 10.7. The highest BCUT2D eigenvalue weighted by Gasteiger charge is 2.33. The molecule has 0 saturated heterocycles. The van der Waals surface area contributed by atoms with Crippen LogP contribution >= 0.6 is 0 Å². The number of carboxylic acids is 1. The predicted molar refractivity (Wildman–Crippen MR) is 69.9 cm³/mol. The minimum absolute atomic E-state index is 0.0267. The second kappa shape index (κ2) is 5.87. The van der Waals surface area contributed by atoms with Gasteiger partial charge in [0.25, 0.3) is 0 Å². The van der Waals surface area contributed by atoms with Crippen molar-refractivity contribution in [2.45, 2.75) is 12.8 Å². The van der Waals surface area contributed by atoms with E-state index in [-0.39, 0.29) is 11.1 Å². The van der Waals surface area contributed by atoms with Crippen molar-refractivity contribution in [2.24, 2.45) is 0 Å². The lowest BCUT2D eigenvalue weighted by atomic mass is 10.00. The summed E-state index contributed by atoms with van der Waals surface area (Å²) in [6.07, 6.45) is -5.44. The summed E-state index contributed by atoms with van der Waals surface area (Å²) in [5, 5.41) is 8.81. The Kier molecular flexibility index (Phi) is 4.16. The molecule has 0 amide bonds. The van der Waals surface area contributed by atoms with Crippen molar-refractivity contribution in [3.63, 3.8) is 0 Å². The molecule has 0 saturated carbocycles. The summed E-state index contributed by atoms with van der Waals surface area (Å²) in [5.74, 6) is -1.70. The SMILES string of the molecule is O=C(O)Cc1cccc(-c2ccccc2)c1OC(F)(F)F. The van der Waals surface area contributed by atoms with Gasteiger partial charge in [0.15, 0.2) is 0 Å². The van der Waals surface area contributed by atoms with Gasteiger partial charge in [-0.3, -0.25) is 4.79 Å². The lowest BCUT2D eigenvalue weighted by Crippen LogP contribution is -2.19. The minimum atomic E-state index is -4.89. The Morgan fingerprint density at radius 1 is 1.05 bits per heavy atom. The highest BCUT2D eigenvalue weighted by atomic mass is 19.4. The molecule has 0 heterocycles. The second-order valence-corrected chi connectivity index (χ2v) is 4.28. The Morgan fingerprint density at radius 2 is 1.71 bits per heavy atom. The highest BCUT2D eigenvalue weighted by Crippen LogP contribution is 2.37. The molecule has 21 heavy (non-hydrogen) atoms. The smallest absolute Gasteiger partial charge is 0.481 e. The van der Waals surface area contributed by atoms with E-state index < -0.39 is 24.5 Å². The van der Waals surface area contributed by atoms with Gasteiger partial charge in [-0.15, -0.1) is 13.2 Å². The molecule has 110 valence electrons. The first-order valence-corrected chi connectivity index (χ1v) is 6.01. The monoisotopic (exact) mass is 296 g/mol. The number of alkyl halides is 3. The lowest BCUT2D eigenvalue weighted by molar-refractivity contribution is -0.274. The first kappa shape index (κ1) is 14.9. The van der Waals surface area contributed by atoms with Gasteiger partial charge < -0.3 is 9.84 Å². The van der Waals surface area contributed by atoms with Gasteiger partial charge in [-0.25, -0.2) is 0 Å². The minimum Gasteiger partial charge on any atom is -0.481 e. The van der Waals surface area contributed by atoms with Crippen LogP contribution in [0, 0.1) is 0 Å². The first-order chi connectivity index (χ1) is 9.87. The van der Waals surface area contributed by atoms with Crippen LogP contribution in [0.3, 0.4) is 0 Å². The summed E-state index contributed by atoms with van der Waals surface area (Å²) in [4.78, 5) is 10.8. The van der Waals surface area contributed by atoms with Crippen molar-refractivity contribution < 1.29 is 27.8 Å². The Hall–Kier alpha value is -2.50. The van der Waals surface area contributed by atoms with Crippen molar-refractivity contribution >= 4 is 5.97 Å². The normalized spacial score (nSPS) is 11.2. The number of halogens is 3. The van der Waals surface area contributed by atoms with E-state index in [0.717, 1.165) is 0 Å². The van der Waals surface area contributed by atoms with Gasteiger partial charge in [-0.1, -0.05) is 48.5 Å². The molecule has 0 aliphatic rings. The molecule has 0 atom stereocenters. The van der Waals surface area contributed by atoms with E-state index in [1.807, 2.05) is 0 Å². The molecular formula is C15H11F3O3. The average molecular weight is 296 g/mol. The average Bonchev–Trinajstić information content (AvgIpc) is 2.39. The number of hydrogen-bond donors (Lipinski definition) is 1. The van der Waals surface area contributed by atoms with E-state index >= 15 is 0 Å². The maximum atomic E-state index is 12.6. The van der Waals surface area contributed by atoms with Gasteiger partial charge in [0.2, 0.25) is 0 Å². The number of carbonyl (C=O) groups is 1. The van der Waals surface area contributed by atoms with Crippen LogP contribution in [0.1, 0.15) is 5.56 Å². The molecule has 2 aromatic carbocycles. The van der Waals surface area contributed by atoms with Crippen molar-refractivity contribution in [1.82, 2.24) is 0 Å². The molecule has 0 unspecified atom stereocenters. The number of aliphatic carboxylic acids is 1. The molecule has 6 heteroatoms. The maximum absolute atomic E-state index is 12.6. The van der Waals surface area contributed by atoms with Crippen LogP contribution in [0.4, 0.5) is 13.2 Å². The molecule has 0 aliphatic heterocycles. The largest absolute Gasteiger partial charge is 0.573 e. The van der Waals surface area contributed by atoms with Crippen LogP contribution in [-0.2, 0) is 11.2 Å². The van der Waals surface area contributed by atoms with Crippen LogP contribution < -0.4 is 4.74 Å². The molecule has 0 radical (unpaired) electrons. The third kappa shape index (κ3) is 3.98. The summed E-state index contributed by atoms with van der Waals surface area (Å²) < 4.78 is 41.8. The number of para-hydroxylation sites is 1. The zero-order chi connectivity index (χ0) is 15.5. The van der Waals surface area contributed by atoms with Crippen LogP contribution in [0.15, 0.2) is 48.5 Å². The van der Waals surface area contributed by atoms with E-state index in [0.29, 0.717) is 5.56 Å². The molecular weight excluding hydrogens is 285 g/mol. The summed E-state index contributed by atoms with van der Waals surface area (Å²) in [7, 11) is 0. The topological polar surface area (TPSA) is 46.5 Å². The number of hydrogen-bond acceptors (Lipinski definition) is 2. The fourth-order valence-corrected chi connectivity index (χ4v) is 1.97. The van der Waals surface area contributed by atoms with E-state index in [1.165, 1.54) is 18.2 Å². The van der Waals surface area contributed by atoms with Crippen molar-refractivity contribution in [3.05, 3.63) is 54.1 Å². The van der Waals surface area contributed by atoms with Gasteiger partial charge in [-0.05, 0) is 5.56 Å². The van der Waals surface area contributed by atoms with Gasteiger partial charge in [0, 0.05) is 11.1 Å².